The third-order valence-electron chi connectivity index (χ3n) is 5.61. The van der Waals surface area contributed by atoms with E-state index in [4.69, 9.17) is 4.74 Å². The van der Waals surface area contributed by atoms with Crippen LogP contribution in [0, 0.1) is 0 Å². The van der Waals surface area contributed by atoms with Gasteiger partial charge in [-0.1, -0.05) is 39.0 Å². The van der Waals surface area contributed by atoms with Crippen LogP contribution in [-0.2, 0) is 16.8 Å². The van der Waals surface area contributed by atoms with Crippen LogP contribution >= 0.6 is 0 Å². The lowest BCUT2D eigenvalue weighted by molar-refractivity contribution is -0.135. The predicted octanol–water partition coefficient (Wildman–Crippen LogP) is 3.36. The zero-order chi connectivity index (χ0) is 21.1. The molecule has 0 radical (unpaired) electrons. The third-order valence-corrected chi connectivity index (χ3v) is 5.61. The standard InChI is InChI=1S/C24H30N4O2/c1-24(2,3)19-7-9-21(10-8-19)30-18-23(29)27-14-12-26(13-15-27)16-20-17-28-11-5-4-6-22(28)25-20/h4-11,17H,12-16,18H2,1-3H3. The number of fused-ring (bicyclic) bond motifs is 1. The maximum atomic E-state index is 12.5. The Morgan fingerprint density at radius 3 is 2.43 bits per heavy atom. The summed E-state index contributed by atoms with van der Waals surface area (Å²) >= 11 is 0. The SMILES string of the molecule is CC(C)(C)c1ccc(OCC(=O)N2CCN(Cc3cn4ccccc4n3)CC2)cc1. The fourth-order valence-electron chi connectivity index (χ4n) is 3.74. The zero-order valence-electron chi connectivity index (χ0n) is 18.0. The minimum Gasteiger partial charge on any atom is -0.484 e. The third kappa shape index (κ3) is 4.82. The topological polar surface area (TPSA) is 50.1 Å². The molecule has 6 heteroatoms. The molecule has 1 saturated heterocycles. The number of nitrogens with zero attached hydrogens (tertiary/aromatic N) is 4. The number of benzene rings is 1. The van der Waals surface area contributed by atoms with Crippen LogP contribution in [-0.4, -0.2) is 57.9 Å². The van der Waals surface area contributed by atoms with Crippen LogP contribution in [0.15, 0.2) is 54.9 Å². The second kappa shape index (κ2) is 8.48. The molecule has 158 valence electrons. The van der Waals surface area contributed by atoms with E-state index in [0.29, 0.717) is 0 Å². The maximum absolute atomic E-state index is 12.5. The van der Waals surface area contributed by atoms with Crippen molar-refractivity contribution in [2.24, 2.45) is 0 Å². The first kappa shape index (κ1) is 20.4. The summed E-state index contributed by atoms with van der Waals surface area (Å²) in [5, 5.41) is 0. The normalized spacial score (nSPS) is 15.5. The minimum atomic E-state index is 0.0438. The summed E-state index contributed by atoms with van der Waals surface area (Å²) in [6.07, 6.45) is 4.09. The van der Waals surface area contributed by atoms with Gasteiger partial charge >= 0.3 is 0 Å². The average Bonchev–Trinajstić information content (AvgIpc) is 3.14. The van der Waals surface area contributed by atoms with E-state index in [2.05, 4.69) is 49.0 Å². The molecule has 1 aliphatic rings. The fraction of sp³-hybridized carbons (Fsp3) is 0.417. The highest BCUT2D eigenvalue weighted by Gasteiger charge is 2.22. The molecular formula is C24H30N4O2. The van der Waals surface area contributed by atoms with Crippen molar-refractivity contribution in [3.8, 4) is 5.75 Å². The lowest BCUT2D eigenvalue weighted by Gasteiger charge is -2.34. The Kier molecular flexibility index (Phi) is 5.77. The molecule has 2 aromatic heterocycles. The Morgan fingerprint density at radius 2 is 1.77 bits per heavy atom. The Hall–Kier alpha value is -2.86. The molecule has 0 atom stereocenters. The highest BCUT2D eigenvalue weighted by atomic mass is 16.5. The van der Waals surface area contributed by atoms with Gasteiger partial charge in [-0.15, -0.1) is 0 Å². The van der Waals surface area contributed by atoms with Crippen molar-refractivity contribution in [3.05, 3.63) is 66.1 Å². The molecule has 1 aromatic carbocycles. The first-order chi connectivity index (χ1) is 14.4. The van der Waals surface area contributed by atoms with Crippen LogP contribution < -0.4 is 4.74 Å². The number of hydrogen-bond acceptors (Lipinski definition) is 4. The highest BCUT2D eigenvalue weighted by molar-refractivity contribution is 5.77. The highest BCUT2D eigenvalue weighted by Crippen LogP contribution is 2.24. The van der Waals surface area contributed by atoms with Crippen molar-refractivity contribution in [1.29, 1.82) is 0 Å². The number of hydrogen-bond donors (Lipinski definition) is 0. The second-order valence-corrected chi connectivity index (χ2v) is 8.92. The van der Waals surface area contributed by atoms with Crippen LogP contribution in [0.5, 0.6) is 5.75 Å². The van der Waals surface area contributed by atoms with Gasteiger partial charge in [-0.2, -0.15) is 0 Å². The first-order valence-corrected chi connectivity index (χ1v) is 10.5. The summed E-state index contributed by atoms with van der Waals surface area (Å²) in [5.41, 5.74) is 3.39. The molecule has 4 rings (SSSR count). The van der Waals surface area contributed by atoms with Gasteiger partial charge in [0.15, 0.2) is 6.61 Å². The van der Waals surface area contributed by atoms with E-state index in [0.717, 1.165) is 49.8 Å². The monoisotopic (exact) mass is 406 g/mol. The van der Waals surface area contributed by atoms with Crippen molar-refractivity contribution in [3.63, 3.8) is 0 Å². The van der Waals surface area contributed by atoms with E-state index in [1.165, 1.54) is 5.56 Å². The fourth-order valence-corrected chi connectivity index (χ4v) is 3.74. The van der Waals surface area contributed by atoms with E-state index in [-0.39, 0.29) is 17.9 Å². The Morgan fingerprint density at radius 1 is 1.03 bits per heavy atom. The van der Waals surface area contributed by atoms with Gasteiger partial charge in [0.1, 0.15) is 11.4 Å². The van der Waals surface area contributed by atoms with Gasteiger partial charge in [-0.3, -0.25) is 9.69 Å². The van der Waals surface area contributed by atoms with Crippen molar-refractivity contribution in [2.45, 2.75) is 32.7 Å². The van der Waals surface area contributed by atoms with Crippen molar-refractivity contribution >= 4 is 11.6 Å². The molecule has 1 aliphatic heterocycles. The molecule has 6 nitrogen and oxygen atoms in total. The summed E-state index contributed by atoms with van der Waals surface area (Å²) in [6.45, 7) is 10.6. The summed E-state index contributed by atoms with van der Waals surface area (Å²) in [7, 11) is 0. The van der Waals surface area contributed by atoms with Crippen LogP contribution in [0.1, 0.15) is 32.0 Å². The molecule has 0 unspecified atom stereocenters. The Balaban J connectivity index is 1.24. The van der Waals surface area contributed by atoms with Gasteiger partial charge in [-0.25, -0.2) is 4.98 Å². The lowest BCUT2D eigenvalue weighted by atomic mass is 9.87. The summed E-state index contributed by atoms with van der Waals surface area (Å²) < 4.78 is 7.77. The number of piperazine rings is 1. The number of amides is 1. The molecule has 0 N–H and O–H groups in total. The van der Waals surface area contributed by atoms with Crippen molar-refractivity contribution < 1.29 is 9.53 Å². The largest absolute Gasteiger partial charge is 0.484 e. The van der Waals surface area contributed by atoms with Gasteiger partial charge in [0.25, 0.3) is 5.91 Å². The molecular weight excluding hydrogens is 376 g/mol. The van der Waals surface area contributed by atoms with Crippen LogP contribution in [0.4, 0.5) is 0 Å². The molecule has 1 fully saturated rings. The van der Waals surface area contributed by atoms with Crippen molar-refractivity contribution in [2.75, 3.05) is 32.8 Å². The number of pyridine rings is 1. The maximum Gasteiger partial charge on any atom is 0.260 e. The minimum absolute atomic E-state index is 0.0438. The second-order valence-electron chi connectivity index (χ2n) is 8.92. The van der Waals surface area contributed by atoms with Gasteiger partial charge in [0.05, 0.1) is 5.69 Å². The molecule has 3 heterocycles. The van der Waals surface area contributed by atoms with Gasteiger partial charge < -0.3 is 14.0 Å². The summed E-state index contributed by atoms with van der Waals surface area (Å²) in [6, 6.07) is 14.0. The molecule has 1 amide bonds. The van der Waals surface area contributed by atoms with E-state index >= 15 is 0 Å². The average molecular weight is 407 g/mol. The van der Waals surface area contributed by atoms with Gasteiger partial charge in [-0.05, 0) is 35.2 Å². The number of imidazole rings is 1. The van der Waals surface area contributed by atoms with E-state index in [1.807, 2.05) is 45.8 Å². The number of rotatable bonds is 5. The Bertz CT molecular complexity index is 963. The quantitative estimate of drug-likeness (QED) is 0.652. The molecule has 0 spiro atoms. The number of carbonyl (C=O) groups is 1. The van der Waals surface area contributed by atoms with Crippen LogP contribution in [0.2, 0.25) is 0 Å². The molecule has 30 heavy (non-hydrogen) atoms. The first-order valence-electron chi connectivity index (χ1n) is 10.5. The van der Waals surface area contributed by atoms with E-state index in [1.54, 1.807) is 0 Å². The van der Waals surface area contributed by atoms with Crippen LogP contribution in [0.25, 0.3) is 5.65 Å². The lowest BCUT2D eigenvalue weighted by Crippen LogP contribution is -2.49. The van der Waals surface area contributed by atoms with Gasteiger partial charge in [0.2, 0.25) is 0 Å². The molecule has 0 bridgehead atoms. The molecule has 0 saturated carbocycles. The zero-order valence-corrected chi connectivity index (χ0v) is 18.0. The summed E-state index contributed by atoms with van der Waals surface area (Å²) in [5.74, 6) is 0.782. The predicted molar refractivity (Wildman–Crippen MR) is 118 cm³/mol. The van der Waals surface area contributed by atoms with Crippen LogP contribution in [0.3, 0.4) is 0 Å². The Labute approximate surface area is 178 Å². The molecule has 3 aromatic rings. The summed E-state index contributed by atoms with van der Waals surface area (Å²) in [4.78, 5) is 21.5. The van der Waals surface area contributed by atoms with Crippen molar-refractivity contribution in [1.82, 2.24) is 19.2 Å². The smallest absolute Gasteiger partial charge is 0.260 e. The number of carbonyl (C=O) groups excluding carboxylic acids is 1. The number of aromatic nitrogens is 2. The van der Waals surface area contributed by atoms with E-state index in [9.17, 15) is 4.79 Å². The van der Waals surface area contributed by atoms with E-state index < -0.39 is 0 Å². The molecule has 0 aliphatic carbocycles. The number of ether oxygens (including phenoxy) is 1. The van der Waals surface area contributed by atoms with Gasteiger partial charge in [0, 0.05) is 45.1 Å².